The summed E-state index contributed by atoms with van der Waals surface area (Å²) in [5.41, 5.74) is 3.81. The molecule has 28 heavy (non-hydrogen) atoms. The number of hydrogen-bond donors (Lipinski definition) is 1. The van der Waals surface area contributed by atoms with Crippen LogP contribution in [0, 0.1) is 0 Å². The smallest absolute Gasteiger partial charge is 0.255 e. The van der Waals surface area contributed by atoms with E-state index in [1.807, 2.05) is 11.0 Å². The van der Waals surface area contributed by atoms with Crippen molar-refractivity contribution in [3.05, 3.63) is 48.3 Å². The largest absolute Gasteiger partial charge is 0.372 e. The molecule has 1 unspecified atom stereocenters. The molecule has 5 heteroatoms. The zero-order valence-electron chi connectivity index (χ0n) is 16.7. The molecular weight excluding hydrogens is 348 g/mol. The Hall–Kier alpha value is -2.56. The first-order valence-corrected chi connectivity index (χ1v) is 10.6. The highest BCUT2D eigenvalue weighted by Gasteiger charge is 2.26. The van der Waals surface area contributed by atoms with Crippen LogP contribution in [0.1, 0.15) is 55.8 Å². The molecule has 2 fully saturated rings. The number of carbonyl (C=O) groups excluding carboxylic acids is 1. The fourth-order valence-electron chi connectivity index (χ4n) is 4.38. The zero-order chi connectivity index (χ0) is 19.3. The highest BCUT2D eigenvalue weighted by atomic mass is 16.2. The van der Waals surface area contributed by atoms with Crippen molar-refractivity contribution in [2.75, 3.05) is 29.9 Å². The van der Waals surface area contributed by atoms with Gasteiger partial charge in [0, 0.05) is 43.2 Å². The minimum absolute atomic E-state index is 0.104. The van der Waals surface area contributed by atoms with E-state index in [-0.39, 0.29) is 5.91 Å². The van der Waals surface area contributed by atoms with E-state index in [1.165, 1.54) is 24.9 Å². The molecular formula is C23H30N4O. The maximum atomic E-state index is 13.0. The van der Waals surface area contributed by atoms with Crippen molar-refractivity contribution in [3.8, 4) is 0 Å². The lowest BCUT2D eigenvalue weighted by Crippen LogP contribution is -2.43. The number of hydrogen-bond acceptors (Lipinski definition) is 4. The molecule has 0 spiro atoms. The Kier molecular flexibility index (Phi) is 5.79. The molecule has 1 amide bonds. The van der Waals surface area contributed by atoms with Crippen LogP contribution in [-0.4, -0.2) is 41.5 Å². The maximum Gasteiger partial charge on any atom is 0.255 e. The van der Waals surface area contributed by atoms with Crippen LogP contribution >= 0.6 is 0 Å². The first-order valence-electron chi connectivity index (χ1n) is 10.6. The summed E-state index contributed by atoms with van der Waals surface area (Å²) in [7, 11) is 0. The molecule has 4 rings (SSSR count). The lowest BCUT2D eigenvalue weighted by atomic mass is 9.99. The second-order valence-electron chi connectivity index (χ2n) is 7.88. The number of piperidine rings is 1. The van der Waals surface area contributed by atoms with E-state index in [4.69, 9.17) is 0 Å². The molecule has 1 aromatic carbocycles. The molecule has 1 N–H and O–H groups in total. The van der Waals surface area contributed by atoms with E-state index in [1.54, 1.807) is 12.4 Å². The monoisotopic (exact) mass is 378 g/mol. The molecule has 0 radical (unpaired) electrons. The Morgan fingerprint density at radius 1 is 1.04 bits per heavy atom. The summed E-state index contributed by atoms with van der Waals surface area (Å²) in [6.45, 7) is 5.32. The minimum atomic E-state index is 0.104. The maximum absolute atomic E-state index is 13.0. The van der Waals surface area contributed by atoms with Gasteiger partial charge in [0.05, 0.1) is 17.4 Å². The summed E-state index contributed by atoms with van der Waals surface area (Å²) in [6, 6.07) is 10.8. The number of nitrogens with zero attached hydrogens (tertiary/aromatic N) is 3. The van der Waals surface area contributed by atoms with Crippen LogP contribution in [-0.2, 0) is 0 Å². The highest BCUT2D eigenvalue weighted by Crippen LogP contribution is 2.25. The van der Waals surface area contributed by atoms with Gasteiger partial charge in [0.1, 0.15) is 0 Å². The fraction of sp³-hybridized carbons (Fsp3) is 0.478. The summed E-state index contributed by atoms with van der Waals surface area (Å²) in [5, 5.41) is 3.39. The molecule has 1 atom stereocenters. The van der Waals surface area contributed by atoms with Crippen LogP contribution in [0.5, 0.6) is 0 Å². The quantitative estimate of drug-likeness (QED) is 0.809. The predicted molar refractivity (Wildman–Crippen MR) is 114 cm³/mol. The van der Waals surface area contributed by atoms with Gasteiger partial charge in [0.25, 0.3) is 5.91 Å². The normalized spacial score (nSPS) is 19.7. The van der Waals surface area contributed by atoms with Crippen molar-refractivity contribution in [3.63, 3.8) is 0 Å². The number of likely N-dealkylation sites (tertiary alicyclic amines) is 1. The first-order chi connectivity index (χ1) is 13.7. The predicted octanol–water partition coefficient (Wildman–Crippen LogP) is 4.83. The standard InChI is InChI=1S/C23H30N4O/c1-2-21-7-3-4-14-27(21)23(28)18-15-20(17-24-16-18)25-19-8-10-22(11-9-19)26-12-5-6-13-26/h8-11,15-17,21,25H,2-7,12-14H2,1H3. The lowest BCUT2D eigenvalue weighted by molar-refractivity contribution is 0.0607. The number of pyridine rings is 1. The molecule has 2 aliphatic rings. The Morgan fingerprint density at radius 3 is 2.54 bits per heavy atom. The SMILES string of the molecule is CCC1CCCCN1C(=O)c1cncc(Nc2ccc(N3CCCC3)cc2)c1. The molecule has 0 aliphatic carbocycles. The van der Waals surface area contributed by atoms with E-state index < -0.39 is 0 Å². The molecule has 1 aromatic heterocycles. The Balaban J connectivity index is 1.45. The number of nitrogens with one attached hydrogen (secondary N) is 1. The van der Waals surface area contributed by atoms with Gasteiger partial charge < -0.3 is 15.1 Å². The highest BCUT2D eigenvalue weighted by molar-refractivity contribution is 5.95. The second-order valence-corrected chi connectivity index (χ2v) is 7.88. The summed E-state index contributed by atoms with van der Waals surface area (Å²) in [6.07, 6.45) is 10.5. The van der Waals surface area contributed by atoms with Crippen molar-refractivity contribution in [1.82, 2.24) is 9.88 Å². The molecule has 0 saturated carbocycles. The molecule has 148 valence electrons. The van der Waals surface area contributed by atoms with Gasteiger partial charge in [-0.3, -0.25) is 9.78 Å². The van der Waals surface area contributed by atoms with Crippen LogP contribution < -0.4 is 10.2 Å². The molecule has 5 nitrogen and oxygen atoms in total. The number of aromatic nitrogens is 1. The average molecular weight is 379 g/mol. The van der Waals surface area contributed by atoms with Gasteiger partial charge in [-0.05, 0) is 68.9 Å². The summed E-state index contributed by atoms with van der Waals surface area (Å²) in [4.78, 5) is 21.8. The summed E-state index contributed by atoms with van der Waals surface area (Å²) in [5.74, 6) is 0.104. The topological polar surface area (TPSA) is 48.5 Å². The van der Waals surface area contributed by atoms with Crippen LogP contribution in [0.25, 0.3) is 0 Å². The fourth-order valence-corrected chi connectivity index (χ4v) is 4.38. The third kappa shape index (κ3) is 4.13. The molecule has 2 saturated heterocycles. The number of benzene rings is 1. The van der Waals surface area contributed by atoms with E-state index in [9.17, 15) is 4.79 Å². The zero-order valence-corrected chi connectivity index (χ0v) is 16.7. The third-order valence-corrected chi connectivity index (χ3v) is 5.97. The minimum Gasteiger partial charge on any atom is -0.372 e. The van der Waals surface area contributed by atoms with Gasteiger partial charge in [-0.25, -0.2) is 0 Å². The van der Waals surface area contributed by atoms with Crippen LogP contribution in [0.3, 0.4) is 0 Å². The van der Waals surface area contributed by atoms with Crippen molar-refractivity contribution < 1.29 is 4.79 Å². The van der Waals surface area contributed by atoms with Gasteiger partial charge >= 0.3 is 0 Å². The first kappa shape index (κ1) is 18.8. The van der Waals surface area contributed by atoms with Crippen molar-refractivity contribution in [2.24, 2.45) is 0 Å². The van der Waals surface area contributed by atoms with Crippen LogP contribution in [0.2, 0.25) is 0 Å². The Labute approximate surface area is 167 Å². The van der Waals surface area contributed by atoms with Crippen LogP contribution in [0.4, 0.5) is 17.1 Å². The summed E-state index contributed by atoms with van der Waals surface area (Å²) >= 11 is 0. The van der Waals surface area contributed by atoms with Gasteiger partial charge in [-0.2, -0.15) is 0 Å². The van der Waals surface area contributed by atoms with E-state index >= 15 is 0 Å². The number of amides is 1. The van der Waals surface area contributed by atoms with E-state index in [0.29, 0.717) is 11.6 Å². The summed E-state index contributed by atoms with van der Waals surface area (Å²) < 4.78 is 0. The third-order valence-electron chi connectivity index (χ3n) is 5.97. The Morgan fingerprint density at radius 2 is 1.79 bits per heavy atom. The molecule has 2 aromatic rings. The average Bonchev–Trinajstić information content (AvgIpc) is 3.29. The van der Waals surface area contributed by atoms with Crippen molar-refractivity contribution >= 4 is 23.0 Å². The van der Waals surface area contributed by atoms with Crippen molar-refractivity contribution in [2.45, 2.75) is 51.5 Å². The van der Waals surface area contributed by atoms with Gasteiger partial charge in [-0.1, -0.05) is 6.92 Å². The lowest BCUT2D eigenvalue weighted by Gasteiger charge is -2.35. The number of rotatable bonds is 5. The number of anilines is 3. The van der Waals surface area contributed by atoms with Crippen LogP contribution in [0.15, 0.2) is 42.7 Å². The Bertz CT molecular complexity index is 799. The van der Waals surface area contributed by atoms with Gasteiger partial charge in [-0.15, -0.1) is 0 Å². The number of carbonyl (C=O) groups is 1. The molecule has 2 aliphatic heterocycles. The second kappa shape index (κ2) is 8.63. The van der Waals surface area contributed by atoms with Gasteiger partial charge in [0.2, 0.25) is 0 Å². The molecule has 3 heterocycles. The van der Waals surface area contributed by atoms with Gasteiger partial charge in [0.15, 0.2) is 0 Å². The van der Waals surface area contributed by atoms with E-state index in [2.05, 4.69) is 46.4 Å². The van der Waals surface area contributed by atoms with Crippen molar-refractivity contribution in [1.29, 1.82) is 0 Å². The molecule has 0 bridgehead atoms. The van der Waals surface area contributed by atoms with E-state index in [0.717, 1.165) is 50.3 Å².